The maximum atomic E-state index is 13.2. The largest absolute Gasteiger partial charge is 0.368 e. The first-order valence-corrected chi connectivity index (χ1v) is 12.8. The lowest BCUT2D eigenvalue weighted by Gasteiger charge is -2.25. The van der Waals surface area contributed by atoms with E-state index in [1.54, 1.807) is 38.8 Å². The first kappa shape index (κ1) is 25.1. The van der Waals surface area contributed by atoms with Gasteiger partial charge in [-0.05, 0) is 24.1 Å². The highest BCUT2D eigenvalue weighted by molar-refractivity contribution is 5.83. The zero-order valence-corrected chi connectivity index (χ0v) is 21.8. The molecule has 1 fully saturated rings. The minimum atomic E-state index is -0.435. The standard InChI is InChI=1S/C27H26FN11O/c1-35-16-22(14-32-35)20-9-24(26-21(10-29)13-33-39(26)17-20)36-5-2-6-37(8-7-36)27(40)31-12-19-3-4-25(30-11-19)38-18-23(28)15-34-38/h3-4,9,11,13-18H,2,5-8,12H2,1H3,(H,31,40). The van der Waals surface area contributed by atoms with Gasteiger partial charge in [0.1, 0.15) is 11.6 Å². The molecule has 6 heterocycles. The van der Waals surface area contributed by atoms with E-state index in [1.807, 2.05) is 25.5 Å². The Morgan fingerprint density at radius 2 is 1.93 bits per heavy atom. The normalized spacial score (nSPS) is 13.8. The van der Waals surface area contributed by atoms with E-state index in [-0.39, 0.29) is 6.03 Å². The number of pyridine rings is 2. The van der Waals surface area contributed by atoms with E-state index >= 15 is 0 Å². The predicted octanol–water partition coefficient (Wildman–Crippen LogP) is 2.75. The summed E-state index contributed by atoms with van der Waals surface area (Å²) >= 11 is 0. The molecule has 5 aromatic heterocycles. The fraction of sp³-hybridized carbons (Fsp3) is 0.259. The Balaban J connectivity index is 1.14. The lowest BCUT2D eigenvalue weighted by atomic mass is 10.1. The Bertz CT molecular complexity index is 1710. The van der Waals surface area contributed by atoms with E-state index in [4.69, 9.17) is 0 Å². The Morgan fingerprint density at radius 1 is 1.02 bits per heavy atom. The van der Waals surface area contributed by atoms with Crippen molar-refractivity contribution in [2.24, 2.45) is 7.05 Å². The van der Waals surface area contributed by atoms with Gasteiger partial charge in [0.25, 0.3) is 0 Å². The van der Waals surface area contributed by atoms with Crippen LogP contribution in [0.1, 0.15) is 17.5 Å². The van der Waals surface area contributed by atoms with Gasteiger partial charge in [-0.15, -0.1) is 0 Å². The van der Waals surface area contributed by atoms with E-state index in [9.17, 15) is 14.4 Å². The number of aromatic nitrogens is 7. The molecule has 0 spiro atoms. The molecule has 0 saturated carbocycles. The third-order valence-electron chi connectivity index (χ3n) is 6.91. The molecule has 12 nitrogen and oxygen atoms in total. The number of nitriles is 1. The maximum absolute atomic E-state index is 13.2. The number of amides is 2. The van der Waals surface area contributed by atoms with E-state index in [2.05, 4.69) is 42.6 Å². The van der Waals surface area contributed by atoms with Crippen LogP contribution in [0.4, 0.5) is 14.9 Å². The summed E-state index contributed by atoms with van der Waals surface area (Å²) in [6, 6.07) is 7.72. The summed E-state index contributed by atoms with van der Waals surface area (Å²) in [5.74, 6) is 0.0569. The van der Waals surface area contributed by atoms with Crippen molar-refractivity contribution in [3.05, 3.63) is 78.5 Å². The van der Waals surface area contributed by atoms with Crippen molar-refractivity contribution in [2.45, 2.75) is 13.0 Å². The molecule has 1 aliphatic heterocycles. The number of rotatable bonds is 5. The Morgan fingerprint density at radius 3 is 2.65 bits per heavy atom. The van der Waals surface area contributed by atoms with Crippen LogP contribution in [-0.4, -0.2) is 71.3 Å². The molecule has 1 saturated heterocycles. The maximum Gasteiger partial charge on any atom is 0.317 e. The second-order valence-corrected chi connectivity index (χ2v) is 9.59. The second-order valence-electron chi connectivity index (χ2n) is 9.59. The number of fused-ring (bicyclic) bond motifs is 1. The van der Waals surface area contributed by atoms with Gasteiger partial charge in [0, 0.05) is 69.5 Å². The number of carbonyl (C=O) groups excluding carboxylic acids is 1. The van der Waals surface area contributed by atoms with Crippen molar-refractivity contribution < 1.29 is 9.18 Å². The number of hydrogen-bond donors (Lipinski definition) is 1. The topological polar surface area (TPSA) is 125 Å². The SMILES string of the molecule is Cn1cc(-c2cc(N3CCCN(C(=O)NCc4ccc(-n5cc(F)cn5)nc4)CC3)c3c(C#N)cnn3c2)cn1. The first-order valence-electron chi connectivity index (χ1n) is 12.8. The summed E-state index contributed by atoms with van der Waals surface area (Å²) in [5, 5.41) is 25.3. The molecule has 0 aromatic carbocycles. The van der Waals surface area contributed by atoms with Crippen molar-refractivity contribution in [1.29, 1.82) is 5.26 Å². The smallest absolute Gasteiger partial charge is 0.317 e. The third-order valence-corrected chi connectivity index (χ3v) is 6.91. The molecule has 1 N–H and O–H groups in total. The Labute approximate surface area is 228 Å². The molecule has 6 rings (SSSR count). The van der Waals surface area contributed by atoms with Gasteiger partial charge >= 0.3 is 6.03 Å². The molecular formula is C27H26FN11O. The molecule has 40 heavy (non-hydrogen) atoms. The Kier molecular flexibility index (Phi) is 6.57. The minimum absolute atomic E-state index is 0.156. The van der Waals surface area contributed by atoms with Gasteiger partial charge in [0.2, 0.25) is 0 Å². The highest BCUT2D eigenvalue weighted by Gasteiger charge is 2.23. The summed E-state index contributed by atoms with van der Waals surface area (Å²) < 4.78 is 18.1. The average molecular weight is 540 g/mol. The van der Waals surface area contributed by atoms with Crippen LogP contribution in [-0.2, 0) is 13.6 Å². The lowest BCUT2D eigenvalue weighted by Crippen LogP contribution is -2.41. The van der Waals surface area contributed by atoms with Crippen LogP contribution in [0.15, 0.2) is 61.6 Å². The van der Waals surface area contributed by atoms with Gasteiger partial charge in [-0.25, -0.2) is 23.4 Å². The van der Waals surface area contributed by atoms with E-state index in [0.29, 0.717) is 37.6 Å². The summed E-state index contributed by atoms with van der Waals surface area (Å²) in [5.41, 5.74) is 4.88. The van der Waals surface area contributed by atoms with Gasteiger partial charge < -0.3 is 15.1 Å². The van der Waals surface area contributed by atoms with Crippen LogP contribution in [0.5, 0.6) is 0 Å². The molecule has 5 aromatic rings. The molecule has 0 radical (unpaired) electrons. The molecule has 1 aliphatic rings. The second kappa shape index (κ2) is 10.5. The van der Waals surface area contributed by atoms with Crippen molar-refractivity contribution in [3.8, 4) is 23.0 Å². The third kappa shape index (κ3) is 4.94. The van der Waals surface area contributed by atoms with Crippen LogP contribution >= 0.6 is 0 Å². The van der Waals surface area contributed by atoms with E-state index in [1.165, 1.54) is 10.9 Å². The molecular weight excluding hydrogens is 513 g/mol. The summed E-state index contributed by atoms with van der Waals surface area (Å²) in [4.78, 5) is 21.3. The summed E-state index contributed by atoms with van der Waals surface area (Å²) in [7, 11) is 1.87. The van der Waals surface area contributed by atoms with Gasteiger partial charge in [-0.3, -0.25) is 4.68 Å². The van der Waals surface area contributed by atoms with Crippen LogP contribution in [0, 0.1) is 17.1 Å². The van der Waals surface area contributed by atoms with Crippen LogP contribution in [0.2, 0.25) is 0 Å². The van der Waals surface area contributed by atoms with Crippen molar-refractivity contribution in [3.63, 3.8) is 0 Å². The highest BCUT2D eigenvalue weighted by Crippen LogP contribution is 2.31. The number of urea groups is 1. The molecule has 0 bridgehead atoms. The number of aryl methyl sites for hydroxylation is 1. The number of nitrogens with zero attached hydrogens (tertiary/aromatic N) is 10. The van der Waals surface area contributed by atoms with Crippen LogP contribution in [0.3, 0.4) is 0 Å². The van der Waals surface area contributed by atoms with Crippen molar-refractivity contribution >= 4 is 17.2 Å². The molecule has 0 unspecified atom stereocenters. The van der Waals surface area contributed by atoms with Crippen LogP contribution in [0.25, 0.3) is 22.5 Å². The predicted molar refractivity (Wildman–Crippen MR) is 144 cm³/mol. The molecule has 0 aliphatic carbocycles. The zero-order chi connectivity index (χ0) is 27.6. The van der Waals surface area contributed by atoms with Crippen molar-refractivity contribution in [1.82, 2.24) is 44.4 Å². The lowest BCUT2D eigenvalue weighted by molar-refractivity contribution is 0.201. The number of carbonyl (C=O) groups is 1. The molecule has 202 valence electrons. The van der Waals surface area contributed by atoms with Gasteiger partial charge in [0.05, 0.1) is 36.0 Å². The number of hydrogen-bond acceptors (Lipinski definition) is 7. The molecule has 13 heteroatoms. The Hall–Kier alpha value is -5.25. The average Bonchev–Trinajstić information content (AvgIpc) is 3.67. The fourth-order valence-corrected chi connectivity index (χ4v) is 4.88. The fourth-order valence-electron chi connectivity index (χ4n) is 4.88. The summed E-state index contributed by atoms with van der Waals surface area (Å²) in [6.07, 6.45) is 12.0. The minimum Gasteiger partial charge on any atom is -0.368 e. The number of halogens is 1. The monoisotopic (exact) mass is 539 g/mol. The first-order chi connectivity index (χ1) is 19.5. The zero-order valence-electron chi connectivity index (χ0n) is 21.8. The van der Waals surface area contributed by atoms with Crippen molar-refractivity contribution in [2.75, 3.05) is 31.1 Å². The van der Waals surface area contributed by atoms with Gasteiger partial charge in [0.15, 0.2) is 11.6 Å². The molecule has 2 amide bonds. The quantitative estimate of drug-likeness (QED) is 0.364. The van der Waals surface area contributed by atoms with Gasteiger partial charge in [-0.2, -0.15) is 20.6 Å². The molecule has 0 atom stereocenters. The number of anilines is 1. The van der Waals surface area contributed by atoms with E-state index in [0.717, 1.165) is 47.1 Å². The summed E-state index contributed by atoms with van der Waals surface area (Å²) in [6.45, 7) is 2.77. The van der Waals surface area contributed by atoms with Gasteiger partial charge in [-0.1, -0.05) is 6.07 Å². The number of nitrogens with one attached hydrogen (secondary N) is 1. The van der Waals surface area contributed by atoms with Crippen LogP contribution < -0.4 is 10.2 Å². The highest BCUT2D eigenvalue weighted by atomic mass is 19.1. The van der Waals surface area contributed by atoms with E-state index < -0.39 is 5.82 Å².